The minimum atomic E-state index is -0.995. The fraction of sp³-hybridized carbons (Fsp3) is 0.556. The molecule has 5 heteroatoms. The van der Waals surface area contributed by atoms with E-state index in [0.29, 0.717) is 5.89 Å². The molecule has 0 aliphatic carbocycles. The number of carbonyl (C=O) groups is 1. The molecule has 1 aromatic heterocycles. The van der Waals surface area contributed by atoms with Crippen LogP contribution in [-0.4, -0.2) is 22.2 Å². The van der Waals surface area contributed by atoms with Crippen molar-refractivity contribution in [3.05, 3.63) is 17.3 Å². The molecular formula is C9H13NO4. The van der Waals surface area contributed by atoms with E-state index in [1.807, 2.05) is 6.92 Å². The number of aryl methyl sites for hydroxylation is 2. The van der Waals surface area contributed by atoms with Crippen LogP contribution in [0.3, 0.4) is 0 Å². The maximum Gasteiger partial charge on any atom is 0.332 e. The van der Waals surface area contributed by atoms with Crippen molar-refractivity contribution in [3.8, 4) is 0 Å². The van der Waals surface area contributed by atoms with Gasteiger partial charge in [-0.2, -0.15) is 0 Å². The van der Waals surface area contributed by atoms with E-state index in [-0.39, 0.29) is 6.61 Å². The molecule has 0 saturated carbocycles. The summed E-state index contributed by atoms with van der Waals surface area (Å²) in [6, 6.07) is 0. The van der Waals surface area contributed by atoms with Crippen LogP contribution in [0.4, 0.5) is 0 Å². The fourth-order valence-electron chi connectivity index (χ4n) is 0.868. The van der Waals surface area contributed by atoms with E-state index in [0.717, 1.165) is 11.5 Å². The number of aliphatic carboxylic acids is 1. The molecular weight excluding hydrogens is 186 g/mol. The van der Waals surface area contributed by atoms with E-state index >= 15 is 0 Å². The second kappa shape index (κ2) is 4.23. The Bertz CT molecular complexity index is 312. The molecule has 1 aromatic rings. The van der Waals surface area contributed by atoms with Crippen molar-refractivity contribution in [2.75, 3.05) is 0 Å². The van der Waals surface area contributed by atoms with Crippen molar-refractivity contribution in [2.45, 2.75) is 33.5 Å². The monoisotopic (exact) mass is 199 g/mol. The lowest BCUT2D eigenvalue weighted by Gasteiger charge is -2.04. The van der Waals surface area contributed by atoms with Crippen LogP contribution in [0, 0.1) is 13.8 Å². The molecule has 0 aliphatic heterocycles. The van der Waals surface area contributed by atoms with Gasteiger partial charge in [0.25, 0.3) is 0 Å². The predicted molar refractivity (Wildman–Crippen MR) is 47.9 cm³/mol. The number of ether oxygens (including phenoxy) is 1. The Morgan fingerprint density at radius 1 is 1.64 bits per heavy atom. The molecule has 1 rings (SSSR count). The zero-order valence-corrected chi connectivity index (χ0v) is 8.40. The maximum absolute atomic E-state index is 10.4. The highest BCUT2D eigenvalue weighted by Gasteiger charge is 2.13. The largest absolute Gasteiger partial charge is 0.479 e. The molecule has 5 nitrogen and oxygen atoms in total. The van der Waals surface area contributed by atoms with Crippen LogP contribution in [-0.2, 0) is 16.1 Å². The van der Waals surface area contributed by atoms with E-state index < -0.39 is 12.1 Å². The van der Waals surface area contributed by atoms with Crippen molar-refractivity contribution < 1.29 is 19.1 Å². The Kier molecular flexibility index (Phi) is 3.24. The van der Waals surface area contributed by atoms with Crippen molar-refractivity contribution in [1.82, 2.24) is 4.98 Å². The van der Waals surface area contributed by atoms with E-state index in [9.17, 15) is 4.79 Å². The highest BCUT2D eigenvalue weighted by atomic mass is 16.5. The summed E-state index contributed by atoms with van der Waals surface area (Å²) in [7, 11) is 0. The molecule has 0 fully saturated rings. The van der Waals surface area contributed by atoms with Crippen molar-refractivity contribution in [3.63, 3.8) is 0 Å². The van der Waals surface area contributed by atoms with Crippen LogP contribution >= 0.6 is 0 Å². The van der Waals surface area contributed by atoms with Gasteiger partial charge in [0.1, 0.15) is 12.4 Å². The van der Waals surface area contributed by atoms with Crippen LogP contribution in [0.25, 0.3) is 0 Å². The minimum absolute atomic E-state index is 0.0855. The Labute approximate surface area is 81.7 Å². The normalized spacial score (nSPS) is 12.8. The number of hydrogen-bond acceptors (Lipinski definition) is 4. The lowest BCUT2D eigenvalue weighted by Crippen LogP contribution is -2.19. The van der Waals surface area contributed by atoms with Gasteiger partial charge in [0, 0.05) is 0 Å². The first-order chi connectivity index (χ1) is 6.50. The summed E-state index contributed by atoms with van der Waals surface area (Å²) in [6.45, 7) is 5.17. The van der Waals surface area contributed by atoms with Gasteiger partial charge in [-0.1, -0.05) is 0 Å². The van der Waals surface area contributed by atoms with Gasteiger partial charge in [-0.25, -0.2) is 9.78 Å². The fourth-order valence-corrected chi connectivity index (χ4v) is 0.868. The first-order valence-corrected chi connectivity index (χ1v) is 4.28. The van der Waals surface area contributed by atoms with Crippen molar-refractivity contribution in [1.29, 1.82) is 0 Å². The third kappa shape index (κ3) is 2.56. The summed E-state index contributed by atoms with van der Waals surface area (Å²) >= 11 is 0. The van der Waals surface area contributed by atoms with Gasteiger partial charge in [0.15, 0.2) is 6.10 Å². The minimum Gasteiger partial charge on any atom is -0.479 e. The van der Waals surface area contributed by atoms with Gasteiger partial charge in [-0.05, 0) is 20.8 Å². The second-order valence-electron chi connectivity index (χ2n) is 3.04. The van der Waals surface area contributed by atoms with Gasteiger partial charge >= 0.3 is 5.97 Å². The molecule has 0 unspecified atom stereocenters. The maximum atomic E-state index is 10.4. The Morgan fingerprint density at radius 3 is 2.71 bits per heavy atom. The molecule has 0 saturated heterocycles. The first kappa shape index (κ1) is 10.7. The Hall–Kier alpha value is -1.36. The molecule has 0 radical (unpaired) electrons. The molecule has 1 N–H and O–H groups in total. The number of aromatic nitrogens is 1. The summed E-state index contributed by atoms with van der Waals surface area (Å²) in [5.41, 5.74) is 0.798. The zero-order chi connectivity index (χ0) is 10.7. The van der Waals surface area contributed by atoms with Crippen molar-refractivity contribution >= 4 is 5.97 Å². The van der Waals surface area contributed by atoms with E-state index in [4.69, 9.17) is 14.3 Å². The van der Waals surface area contributed by atoms with E-state index in [2.05, 4.69) is 4.98 Å². The van der Waals surface area contributed by atoms with Gasteiger partial charge in [-0.15, -0.1) is 0 Å². The van der Waals surface area contributed by atoms with Gasteiger partial charge in [0.2, 0.25) is 5.89 Å². The summed E-state index contributed by atoms with van der Waals surface area (Å²) in [5, 5.41) is 8.54. The number of hydrogen-bond donors (Lipinski definition) is 1. The number of carboxylic acids is 1. The third-order valence-electron chi connectivity index (χ3n) is 1.88. The lowest BCUT2D eigenvalue weighted by molar-refractivity contribution is -0.150. The Balaban J connectivity index is 2.50. The highest BCUT2D eigenvalue weighted by Crippen LogP contribution is 2.09. The Morgan fingerprint density at radius 2 is 2.29 bits per heavy atom. The topological polar surface area (TPSA) is 72.6 Å². The zero-order valence-electron chi connectivity index (χ0n) is 8.40. The highest BCUT2D eigenvalue weighted by molar-refractivity contribution is 5.71. The standard InChI is InChI=1S/C9H13NO4/c1-5-6(2)14-8(10-5)4-13-7(3)9(11)12/h7H,4H2,1-3H3,(H,11,12)/t7-/m1/s1. The third-order valence-corrected chi connectivity index (χ3v) is 1.88. The SMILES string of the molecule is Cc1nc(CO[C@H](C)C(=O)O)oc1C. The molecule has 14 heavy (non-hydrogen) atoms. The van der Waals surface area contributed by atoms with Crippen LogP contribution < -0.4 is 0 Å². The molecule has 0 spiro atoms. The summed E-state index contributed by atoms with van der Waals surface area (Å²) < 4.78 is 10.2. The number of nitrogens with zero attached hydrogens (tertiary/aromatic N) is 1. The molecule has 0 bridgehead atoms. The summed E-state index contributed by atoms with van der Waals surface area (Å²) in [4.78, 5) is 14.5. The molecule has 1 heterocycles. The molecule has 1 atom stereocenters. The smallest absolute Gasteiger partial charge is 0.332 e. The molecule has 0 aromatic carbocycles. The number of oxazole rings is 1. The van der Waals surface area contributed by atoms with E-state index in [1.165, 1.54) is 6.92 Å². The molecule has 0 amide bonds. The first-order valence-electron chi connectivity index (χ1n) is 4.28. The van der Waals surface area contributed by atoms with Crippen LogP contribution in [0.1, 0.15) is 24.3 Å². The lowest BCUT2D eigenvalue weighted by atomic mass is 10.4. The van der Waals surface area contributed by atoms with Crippen LogP contribution in [0.5, 0.6) is 0 Å². The van der Waals surface area contributed by atoms with Gasteiger partial charge in [0.05, 0.1) is 5.69 Å². The van der Waals surface area contributed by atoms with Crippen LogP contribution in [0.2, 0.25) is 0 Å². The summed E-state index contributed by atoms with van der Waals surface area (Å²) in [5.74, 6) is 0.143. The second-order valence-corrected chi connectivity index (χ2v) is 3.04. The van der Waals surface area contributed by atoms with Crippen LogP contribution in [0.15, 0.2) is 4.42 Å². The molecule has 78 valence electrons. The average molecular weight is 199 g/mol. The van der Waals surface area contributed by atoms with Crippen molar-refractivity contribution in [2.24, 2.45) is 0 Å². The number of carboxylic acid groups (broad SMARTS) is 1. The molecule has 0 aliphatic rings. The average Bonchev–Trinajstić information content (AvgIpc) is 2.42. The van der Waals surface area contributed by atoms with Gasteiger partial charge in [-0.3, -0.25) is 0 Å². The summed E-state index contributed by atoms with van der Waals surface area (Å²) in [6.07, 6.45) is -0.845. The predicted octanol–water partition coefficient (Wildman–Crippen LogP) is 1.28. The van der Waals surface area contributed by atoms with Gasteiger partial charge < -0.3 is 14.3 Å². The number of rotatable bonds is 4. The quantitative estimate of drug-likeness (QED) is 0.790. The van der Waals surface area contributed by atoms with E-state index in [1.54, 1.807) is 6.92 Å².